The Morgan fingerprint density at radius 2 is 1.70 bits per heavy atom. The van der Waals surface area contributed by atoms with Gasteiger partial charge in [-0.05, 0) is 30.9 Å². The number of hydrogen-bond acceptors (Lipinski definition) is 0. The first-order valence-corrected chi connectivity index (χ1v) is 7.38. The molecule has 0 fully saturated rings. The molecule has 0 radical (unpaired) electrons. The van der Waals surface area contributed by atoms with Crippen LogP contribution in [0.1, 0.15) is 44.4 Å². The predicted molar refractivity (Wildman–Crippen MR) is 87.6 cm³/mol. The van der Waals surface area contributed by atoms with Gasteiger partial charge in [0.15, 0.2) is 6.20 Å². The lowest BCUT2D eigenvalue weighted by Gasteiger charge is -2.06. The van der Waals surface area contributed by atoms with Crippen LogP contribution >= 0.6 is 0 Å². The molecule has 0 aliphatic heterocycles. The molecule has 1 unspecified atom stereocenters. The Kier molecular flexibility index (Phi) is 7.34. The summed E-state index contributed by atoms with van der Waals surface area (Å²) < 4.78 is 2.15. The van der Waals surface area contributed by atoms with E-state index in [1.165, 1.54) is 17.7 Å². The van der Waals surface area contributed by atoms with Crippen LogP contribution in [-0.2, 0) is 6.54 Å². The van der Waals surface area contributed by atoms with Gasteiger partial charge in [-0.1, -0.05) is 50.8 Å². The van der Waals surface area contributed by atoms with E-state index in [1.807, 2.05) is 18.2 Å². The third-order valence-electron chi connectivity index (χ3n) is 3.51. The third kappa shape index (κ3) is 5.00. The Hall–Kier alpha value is -1.89. The molecule has 0 saturated heterocycles. The zero-order chi connectivity index (χ0) is 14.8. The lowest BCUT2D eigenvalue weighted by molar-refractivity contribution is -0.695. The van der Waals surface area contributed by atoms with Crippen molar-refractivity contribution in [3.8, 4) is 0 Å². The highest BCUT2D eigenvalue weighted by molar-refractivity contribution is 5.36. The van der Waals surface area contributed by atoms with Gasteiger partial charge in [-0.15, -0.1) is 0 Å². The van der Waals surface area contributed by atoms with Gasteiger partial charge in [0.05, 0.1) is 0 Å². The van der Waals surface area contributed by atoms with Crippen molar-refractivity contribution in [2.45, 2.75) is 39.7 Å². The van der Waals surface area contributed by atoms with E-state index in [2.05, 4.69) is 74.5 Å². The molecular formula is C19H26N+. The van der Waals surface area contributed by atoms with Crippen LogP contribution in [0.15, 0.2) is 61.3 Å². The smallest absolute Gasteiger partial charge is 0.199 e. The molecule has 0 amide bonds. The van der Waals surface area contributed by atoms with E-state index < -0.39 is 0 Å². The predicted octanol–water partition coefficient (Wildman–Crippen LogP) is 4.84. The third-order valence-corrected chi connectivity index (χ3v) is 3.51. The van der Waals surface area contributed by atoms with Crippen LogP contribution in [0.5, 0.6) is 0 Å². The van der Waals surface area contributed by atoms with Gasteiger partial charge in [-0.25, -0.2) is 0 Å². The highest BCUT2D eigenvalue weighted by atomic mass is 14.9. The SMILES string of the molecule is C=Cc1cccc[n+]1CC.CCC(C)c1ccccc1. The second kappa shape index (κ2) is 9.08. The zero-order valence-electron chi connectivity index (χ0n) is 12.9. The van der Waals surface area contributed by atoms with Gasteiger partial charge in [-0.2, -0.15) is 4.57 Å². The fraction of sp³-hybridized carbons (Fsp3) is 0.316. The van der Waals surface area contributed by atoms with Crippen molar-refractivity contribution in [1.29, 1.82) is 0 Å². The van der Waals surface area contributed by atoms with Crippen molar-refractivity contribution < 1.29 is 4.57 Å². The van der Waals surface area contributed by atoms with Crippen LogP contribution in [0.4, 0.5) is 0 Å². The van der Waals surface area contributed by atoms with Crippen molar-refractivity contribution in [1.82, 2.24) is 0 Å². The fourth-order valence-electron chi connectivity index (χ4n) is 1.98. The van der Waals surface area contributed by atoms with Crippen molar-refractivity contribution in [3.63, 3.8) is 0 Å². The van der Waals surface area contributed by atoms with E-state index in [0.29, 0.717) is 5.92 Å². The summed E-state index contributed by atoms with van der Waals surface area (Å²) in [5.74, 6) is 0.709. The molecule has 0 N–H and O–H groups in total. The summed E-state index contributed by atoms with van der Waals surface area (Å²) in [7, 11) is 0. The number of benzene rings is 1. The maximum atomic E-state index is 3.72. The van der Waals surface area contributed by atoms with E-state index in [4.69, 9.17) is 0 Å². The average Bonchev–Trinajstić information content (AvgIpc) is 2.55. The highest BCUT2D eigenvalue weighted by Gasteiger charge is 2.00. The van der Waals surface area contributed by atoms with Crippen molar-refractivity contribution in [3.05, 3.63) is 72.6 Å². The molecule has 1 aromatic carbocycles. The van der Waals surface area contributed by atoms with E-state index in [9.17, 15) is 0 Å². The number of aryl methyl sites for hydroxylation is 1. The fourth-order valence-corrected chi connectivity index (χ4v) is 1.98. The Labute approximate surface area is 123 Å². The van der Waals surface area contributed by atoms with Crippen LogP contribution < -0.4 is 4.57 Å². The van der Waals surface area contributed by atoms with Crippen LogP contribution in [0, 0.1) is 0 Å². The van der Waals surface area contributed by atoms with Gasteiger partial charge >= 0.3 is 0 Å². The first-order valence-electron chi connectivity index (χ1n) is 7.38. The first kappa shape index (κ1) is 16.2. The maximum absolute atomic E-state index is 3.72. The molecular weight excluding hydrogens is 242 g/mol. The summed E-state index contributed by atoms with van der Waals surface area (Å²) in [6, 6.07) is 16.7. The van der Waals surface area contributed by atoms with E-state index in [0.717, 1.165) is 6.54 Å². The summed E-state index contributed by atoms with van der Waals surface area (Å²) in [6.45, 7) is 11.3. The van der Waals surface area contributed by atoms with Crippen molar-refractivity contribution in [2.75, 3.05) is 0 Å². The molecule has 20 heavy (non-hydrogen) atoms. The topological polar surface area (TPSA) is 3.88 Å². The van der Waals surface area contributed by atoms with Gasteiger partial charge < -0.3 is 0 Å². The molecule has 1 atom stereocenters. The molecule has 0 aliphatic carbocycles. The minimum absolute atomic E-state index is 0.709. The number of pyridine rings is 1. The zero-order valence-corrected chi connectivity index (χ0v) is 12.9. The summed E-state index contributed by atoms with van der Waals surface area (Å²) in [6.07, 6.45) is 5.14. The van der Waals surface area contributed by atoms with Crippen LogP contribution in [-0.4, -0.2) is 0 Å². The van der Waals surface area contributed by atoms with Crippen LogP contribution in [0.25, 0.3) is 6.08 Å². The first-order chi connectivity index (χ1) is 9.72. The Balaban J connectivity index is 0.000000200. The Morgan fingerprint density at radius 1 is 1.05 bits per heavy atom. The van der Waals surface area contributed by atoms with Gasteiger partial charge in [0.2, 0.25) is 5.69 Å². The van der Waals surface area contributed by atoms with Crippen LogP contribution in [0.3, 0.4) is 0 Å². The van der Waals surface area contributed by atoms with E-state index >= 15 is 0 Å². The van der Waals surface area contributed by atoms with Crippen LogP contribution in [0.2, 0.25) is 0 Å². The quantitative estimate of drug-likeness (QED) is 0.699. The van der Waals surface area contributed by atoms with Gasteiger partial charge in [0.25, 0.3) is 0 Å². The highest BCUT2D eigenvalue weighted by Crippen LogP contribution is 2.16. The minimum atomic E-state index is 0.709. The van der Waals surface area contributed by atoms with Gasteiger partial charge in [-0.3, -0.25) is 0 Å². The maximum Gasteiger partial charge on any atom is 0.204 e. The number of hydrogen-bond donors (Lipinski definition) is 0. The molecule has 2 rings (SSSR count). The lowest BCUT2D eigenvalue weighted by atomic mass is 9.99. The van der Waals surface area contributed by atoms with Gasteiger partial charge in [0.1, 0.15) is 6.54 Å². The summed E-state index contributed by atoms with van der Waals surface area (Å²) in [5.41, 5.74) is 2.62. The molecule has 0 spiro atoms. The van der Waals surface area contributed by atoms with Crippen molar-refractivity contribution >= 4 is 6.08 Å². The molecule has 1 nitrogen and oxygen atoms in total. The summed E-state index contributed by atoms with van der Waals surface area (Å²) >= 11 is 0. The molecule has 106 valence electrons. The van der Waals surface area contributed by atoms with E-state index in [-0.39, 0.29) is 0 Å². The largest absolute Gasteiger partial charge is 0.204 e. The number of rotatable bonds is 4. The number of aromatic nitrogens is 1. The van der Waals surface area contributed by atoms with Crippen molar-refractivity contribution in [2.24, 2.45) is 0 Å². The van der Waals surface area contributed by atoms with Gasteiger partial charge in [0, 0.05) is 18.2 Å². The number of nitrogens with zero attached hydrogens (tertiary/aromatic N) is 1. The molecule has 2 aromatic rings. The standard InChI is InChI=1S/C10H14.C9H12N/c1-3-9(2)10-7-5-4-6-8-10;1-3-9-7-5-6-8-10(9)4-2/h4-9H,3H2,1-2H3;3,5-8H,1,4H2,2H3/q;+1. The molecule has 0 bridgehead atoms. The Morgan fingerprint density at radius 3 is 2.20 bits per heavy atom. The molecule has 1 aromatic heterocycles. The summed E-state index contributed by atoms with van der Waals surface area (Å²) in [4.78, 5) is 0. The Bertz CT molecular complexity index is 502. The molecule has 1 heterocycles. The molecule has 0 aliphatic rings. The minimum Gasteiger partial charge on any atom is -0.199 e. The van der Waals surface area contributed by atoms with E-state index in [1.54, 1.807) is 0 Å². The second-order valence-electron chi connectivity index (χ2n) is 4.84. The molecule has 1 heteroatoms. The normalized spacial score (nSPS) is 11.2. The monoisotopic (exact) mass is 268 g/mol. The second-order valence-corrected chi connectivity index (χ2v) is 4.84. The lowest BCUT2D eigenvalue weighted by Crippen LogP contribution is -2.34. The average molecular weight is 268 g/mol. The summed E-state index contributed by atoms with van der Waals surface area (Å²) in [5, 5.41) is 0. The molecule has 0 saturated carbocycles.